The minimum atomic E-state index is 0.0370. The molecule has 1 saturated heterocycles. The zero-order chi connectivity index (χ0) is 13.1. The second-order valence-corrected chi connectivity index (χ2v) is 5.53. The van der Waals surface area contributed by atoms with Gasteiger partial charge in [-0.05, 0) is 24.6 Å². The molecule has 1 amide bonds. The summed E-state index contributed by atoms with van der Waals surface area (Å²) >= 11 is 3.40. The first-order valence-electron chi connectivity index (χ1n) is 5.96. The fourth-order valence-electron chi connectivity index (χ4n) is 2.15. The molecule has 2 atom stereocenters. The Morgan fingerprint density at radius 2 is 2.22 bits per heavy atom. The number of anilines is 1. The molecule has 2 rings (SSSR count). The predicted molar refractivity (Wildman–Crippen MR) is 74.8 cm³/mol. The second-order valence-electron chi connectivity index (χ2n) is 4.61. The molecule has 18 heavy (non-hydrogen) atoms. The first-order chi connectivity index (χ1) is 8.60. The van der Waals surface area contributed by atoms with Crippen molar-refractivity contribution in [1.82, 2.24) is 5.32 Å². The van der Waals surface area contributed by atoms with Crippen LogP contribution in [0.1, 0.15) is 6.92 Å². The average molecular weight is 313 g/mol. The Kier molecular flexibility index (Phi) is 4.24. The Morgan fingerprint density at radius 3 is 2.83 bits per heavy atom. The summed E-state index contributed by atoms with van der Waals surface area (Å²) in [6, 6.07) is 5.54. The summed E-state index contributed by atoms with van der Waals surface area (Å²) in [6.07, 6.45) is 0. The van der Waals surface area contributed by atoms with Crippen molar-refractivity contribution in [3.8, 4) is 5.75 Å². The van der Waals surface area contributed by atoms with E-state index in [1.165, 1.54) is 0 Å². The molecule has 1 aromatic rings. The molecule has 0 saturated carbocycles. The number of methoxy groups -OCH3 is 1. The normalized spacial score (nSPS) is 22.8. The van der Waals surface area contributed by atoms with Gasteiger partial charge in [0, 0.05) is 22.8 Å². The van der Waals surface area contributed by atoms with Crippen LogP contribution in [0.15, 0.2) is 22.7 Å². The summed E-state index contributed by atoms with van der Waals surface area (Å²) in [5.74, 6) is 1.19. The van der Waals surface area contributed by atoms with Gasteiger partial charge in [-0.2, -0.15) is 0 Å². The largest absolute Gasteiger partial charge is 0.497 e. The van der Waals surface area contributed by atoms with E-state index >= 15 is 0 Å². The summed E-state index contributed by atoms with van der Waals surface area (Å²) in [5.41, 5.74) is 0.755. The van der Waals surface area contributed by atoms with Crippen LogP contribution in [0.3, 0.4) is 0 Å². The highest BCUT2D eigenvalue weighted by Crippen LogP contribution is 2.26. The molecule has 0 unspecified atom stereocenters. The molecule has 0 radical (unpaired) electrons. The third-order valence-corrected chi connectivity index (χ3v) is 3.69. The van der Waals surface area contributed by atoms with Crippen LogP contribution in [0, 0.1) is 11.8 Å². The highest BCUT2D eigenvalue weighted by Gasteiger charge is 2.29. The zero-order valence-electron chi connectivity index (χ0n) is 10.5. The average Bonchev–Trinajstić information content (AvgIpc) is 2.74. The van der Waals surface area contributed by atoms with Gasteiger partial charge in [0.05, 0.1) is 13.0 Å². The van der Waals surface area contributed by atoms with E-state index in [1.807, 2.05) is 18.2 Å². The van der Waals surface area contributed by atoms with Crippen molar-refractivity contribution in [2.45, 2.75) is 6.92 Å². The van der Waals surface area contributed by atoms with Crippen LogP contribution in [0.5, 0.6) is 5.75 Å². The van der Waals surface area contributed by atoms with Crippen LogP contribution in [0.4, 0.5) is 5.69 Å². The van der Waals surface area contributed by atoms with Crippen LogP contribution >= 0.6 is 15.9 Å². The quantitative estimate of drug-likeness (QED) is 0.900. The second kappa shape index (κ2) is 5.71. The van der Waals surface area contributed by atoms with Gasteiger partial charge in [0.1, 0.15) is 5.75 Å². The fraction of sp³-hybridized carbons (Fsp3) is 0.462. The maximum absolute atomic E-state index is 12.1. The molecular weight excluding hydrogens is 296 g/mol. The van der Waals surface area contributed by atoms with Crippen molar-refractivity contribution < 1.29 is 9.53 Å². The number of hydrogen-bond donors (Lipinski definition) is 2. The van der Waals surface area contributed by atoms with Crippen molar-refractivity contribution in [3.05, 3.63) is 22.7 Å². The summed E-state index contributed by atoms with van der Waals surface area (Å²) in [5, 5.41) is 6.17. The molecule has 0 spiro atoms. The summed E-state index contributed by atoms with van der Waals surface area (Å²) < 4.78 is 6.05. The molecule has 1 fully saturated rings. The standard InChI is InChI=1S/C13H17BrN2O2/c1-8-6-15-7-12(8)13(17)16-10-3-9(14)4-11(5-10)18-2/h3-5,8,12,15H,6-7H2,1-2H3,(H,16,17)/t8-,12-/m1/s1. The molecular formula is C13H17BrN2O2. The van der Waals surface area contributed by atoms with Gasteiger partial charge in [-0.25, -0.2) is 0 Å². The first kappa shape index (κ1) is 13.4. The zero-order valence-corrected chi connectivity index (χ0v) is 12.1. The third-order valence-electron chi connectivity index (χ3n) is 3.23. The van der Waals surface area contributed by atoms with Crippen molar-refractivity contribution in [2.75, 3.05) is 25.5 Å². The fourth-order valence-corrected chi connectivity index (χ4v) is 2.62. The topological polar surface area (TPSA) is 50.4 Å². The van der Waals surface area contributed by atoms with Crippen LogP contribution in [0.2, 0.25) is 0 Å². The molecule has 1 heterocycles. The van der Waals surface area contributed by atoms with Gasteiger partial charge < -0.3 is 15.4 Å². The van der Waals surface area contributed by atoms with Gasteiger partial charge in [-0.1, -0.05) is 22.9 Å². The molecule has 5 heteroatoms. The summed E-state index contributed by atoms with van der Waals surface area (Å²) in [4.78, 5) is 12.1. The Morgan fingerprint density at radius 1 is 1.44 bits per heavy atom. The van der Waals surface area contributed by atoms with E-state index in [0.29, 0.717) is 5.92 Å². The molecule has 0 aromatic heterocycles. The molecule has 1 aliphatic rings. The molecule has 2 N–H and O–H groups in total. The molecule has 4 nitrogen and oxygen atoms in total. The third kappa shape index (κ3) is 3.03. The maximum Gasteiger partial charge on any atom is 0.229 e. The smallest absolute Gasteiger partial charge is 0.229 e. The Labute approximate surface area is 115 Å². The number of amides is 1. The van der Waals surface area contributed by atoms with Crippen molar-refractivity contribution in [2.24, 2.45) is 11.8 Å². The highest BCUT2D eigenvalue weighted by molar-refractivity contribution is 9.10. The van der Waals surface area contributed by atoms with E-state index in [9.17, 15) is 4.79 Å². The van der Waals surface area contributed by atoms with Crippen LogP contribution in [-0.2, 0) is 4.79 Å². The van der Waals surface area contributed by atoms with Crippen LogP contribution < -0.4 is 15.4 Å². The Hall–Kier alpha value is -1.07. The Bertz CT molecular complexity index is 451. The predicted octanol–water partition coefficient (Wildman–Crippen LogP) is 2.25. The minimum Gasteiger partial charge on any atom is -0.497 e. The molecule has 0 bridgehead atoms. The van der Waals surface area contributed by atoms with Crippen LogP contribution in [0.25, 0.3) is 0 Å². The lowest BCUT2D eigenvalue weighted by Gasteiger charge is -2.15. The SMILES string of the molecule is COc1cc(Br)cc(NC(=O)[C@@H]2CNC[C@H]2C)c1. The number of benzene rings is 1. The lowest BCUT2D eigenvalue weighted by molar-refractivity contribution is -0.120. The van der Waals surface area contributed by atoms with E-state index in [0.717, 1.165) is 29.0 Å². The van der Waals surface area contributed by atoms with E-state index in [-0.39, 0.29) is 11.8 Å². The first-order valence-corrected chi connectivity index (χ1v) is 6.75. The van der Waals surface area contributed by atoms with Gasteiger partial charge >= 0.3 is 0 Å². The van der Waals surface area contributed by atoms with Crippen molar-refractivity contribution in [1.29, 1.82) is 0 Å². The lowest BCUT2D eigenvalue weighted by Crippen LogP contribution is -2.27. The van der Waals surface area contributed by atoms with Crippen LogP contribution in [-0.4, -0.2) is 26.1 Å². The summed E-state index contributed by atoms with van der Waals surface area (Å²) in [7, 11) is 1.61. The minimum absolute atomic E-state index is 0.0370. The Balaban J connectivity index is 2.09. The van der Waals surface area contributed by atoms with E-state index in [4.69, 9.17) is 4.74 Å². The van der Waals surface area contributed by atoms with Gasteiger partial charge in [-0.15, -0.1) is 0 Å². The van der Waals surface area contributed by atoms with Crippen molar-refractivity contribution >= 4 is 27.5 Å². The van der Waals surface area contributed by atoms with Gasteiger partial charge in [-0.3, -0.25) is 4.79 Å². The highest BCUT2D eigenvalue weighted by atomic mass is 79.9. The van der Waals surface area contributed by atoms with E-state index in [1.54, 1.807) is 7.11 Å². The number of nitrogens with one attached hydrogen (secondary N) is 2. The number of hydrogen-bond acceptors (Lipinski definition) is 3. The van der Waals surface area contributed by atoms with Gasteiger partial charge in [0.25, 0.3) is 0 Å². The van der Waals surface area contributed by atoms with Gasteiger partial charge in [0.2, 0.25) is 5.91 Å². The molecule has 0 aliphatic carbocycles. The number of halogens is 1. The van der Waals surface area contributed by atoms with Gasteiger partial charge in [0.15, 0.2) is 0 Å². The van der Waals surface area contributed by atoms with E-state index in [2.05, 4.69) is 33.5 Å². The maximum atomic E-state index is 12.1. The molecule has 1 aromatic carbocycles. The van der Waals surface area contributed by atoms with Crippen molar-refractivity contribution in [3.63, 3.8) is 0 Å². The lowest BCUT2D eigenvalue weighted by atomic mass is 9.97. The monoisotopic (exact) mass is 312 g/mol. The summed E-state index contributed by atoms with van der Waals surface area (Å²) in [6.45, 7) is 3.74. The molecule has 98 valence electrons. The molecule has 1 aliphatic heterocycles. The number of carbonyl (C=O) groups excluding carboxylic acids is 1. The van der Waals surface area contributed by atoms with E-state index < -0.39 is 0 Å². The number of carbonyl (C=O) groups is 1. The number of rotatable bonds is 3. The number of ether oxygens (including phenoxy) is 1.